The molecule has 1 unspecified atom stereocenters. The molecule has 3 N–H and O–H groups in total. The van der Waals surface area contributed by atoms with Crippen LogP contribution < -0.4 is 5.73 Å². The summed E-state index contributed by atoms with van der Waals surface area (Å²) >= 11 is 0. The molecule has 1 aromatic carbocycles. The van der Waals surface area contributed by atoms with Crippen molar-refractivity contribution in [1.82, 2.24) is 4.90 Å². The van der Waals surface area contributed by atoms with Gasteiger partial charge in [0.15, 0.2) is 5.84 Å². The average molecular weight is 289 g/mol. The number of amides is 1. The van der Waals surface area contributed by atoms with Gasteiger partial charge in [-0.05, 0) is 36.8 Å². The molecule has 21 heavy (non-hydrogen) atoms. The first-order valence-corrected chi connectivity index (χ1v) is 7.47. The minimum atomic E-state index is -0.00190. The van der Waals surface area contributed by atoms with Crippen LogP contribution in [0, 0.1) is 5.92 Å². The van der Waals surface area contributed by atoms with Gasteiger partial charge in [-0.15, -0.1) is 0 Å². The molecule has 0 radical (unpaired) electrons. The van der Waals surface area contributed by atoms with Crippen molar-refractivity contribution in [3.63, 3.8) is 0 Å². The standard InChI is InChI=1S/C16H23N3O2/c1-2-9-19(11-15(17)18-21)16(20)14-8-7-12-5-3-4-6-13(12)10-14/h3-6,14,21H,2,7-11H2,1H3,(H2,17,18). The van der Waals surface area contributed by atoms with E-state index < -0.39 is 0 Å². The van der Waals surface area contributed by atoms with Gasteiger partial charge < -0.3 is 15.8 Å². The zero-order valence-corrected chi connectivity index (χ0v) is 12.5. The Labute approximate surface area is 125 Å². The summed E-state index contributed by atoms with van der Waals surface area (Å²) in [6, 6.07) is 8.30. The largest absolute Gasteiger partial charge is 0.409 e. The summed E-state index contributed by atoms with van der Waals surface area (Å²) in [7, 11) is 0. The van der Waals surface area contributed by atoms with Gasteiger partial charge in [0.2, 0.25) is 5.91 Å². The van der Waals surface area contributed by atoms with Crippen LogP contribution in [0.15, 0.2) is 29.4 Å². The van der Waals surface area contributed by atoms with Crippen molar-refractivity contribution >= 4 is 11.7 Å². The Hall–Kier alpha value is -2.04. The minimum Gasteiger partial charge on any atom is -0.409 e. The Balaban J connectivity index is 2.08. The third kappa shape index (κ3) is 3.74. The van der Waals surface area contributed by atoms with Gasteiger partial charge in [-0.25, -0.2) is 0 Å². The first kappa shape index (κ1) is 15.4. The number of hydrogen-bond acceptors (Lipinski definition) is 3. The van der Waals surface area contributed by atoms with Gasteiger partial charge in [0.05, 0.1) is 6.54 Å². The molecule has 0 aromatic heterocycles. The molecular formula is C16H23N3O2. The SMILES string of the molecule is CCCN(C/C(N)=N/O)C(=O)C1CCc2ccccc2C1. The molecule has 0 saturated carbocycles. The summed E-state index contributed by atoms with van der Waals surface area (Å²) in [5.74, 6) is 0.184. The van der Waals surface area contributed by atoms with E-state index in [1.165, 1.54) is 11.1 Å². The maximum atomic E-state index is 12.7. The van der Waals surface area contributed by atoms with Crippen molar-refractivity contribution in [2.45, 2.75) is 32.6 Å². The molecule has 5 nitrogen and oxygen atoms in total. The highest BCUT2D eigenvalue weighted by molar-refractivity contribution is 5.88. The van der Waals surface area contributed by atoms with Crippen LogP contribution in [0.3, 0.4) is 0 Å². The highest BCUT2D eigenvalue weighted by Crippen LogP contribution is 2.26. The van der Waals surface area contributed by atoms with Crippen LogP contribution >= 0.6 is 0 Å². The molecule has 0 spiro atoms. The second-order valence-corrected chi connectivity index (χ2v) is 5.56. The van der Waals surface area contributed by atoms with Crippen LogP contribution in [-0.4, -0.2) is 34.9 Å². The number of aryl methyl sites for hydroxylation is 1. The number of nitrogens with two attached hydrogens (primary N) is 1. The van der Waals surface area contributed by atoms with Crippen molar-refractivity contribution in [2.75, 3.05) is 13.1 Å². The molecular weight excluding hydrogens is 266 g/mol. The zero-order valence-electron chi connectivity index (χ0n) is 12.5. The summed E-state index contributed by atoms with van der Waals surface area (Å²) in [4.78, 5) is 14.4. The number of rotatable bonds is 5. The smallest absolute Gasteiger partial charge is 0.226 e. The highest BCUT2D eigenvalue weighted by atomic mass is 16.4. The number of hydrogen-bond donors (Lipinski definition) is 2. The Morgan fingerprint density at radius 3 is 2.81 bits per heavy atom. The number of benzene rings is 1. The molecule has 0 saturated heterocycles. The van der Waals surface area contributed by atoms with E-state index in [1.54, 1.807) is 4.90 Å². The van der Waals surface area contributed by atoms with Gasteiger partial charge in [0.25, 0.3) is 0 Å². The highest BCUT2D eigenvalue weighted by Gasteiger charge is 2.28. The van der Waals surface area contributed by atoms with Gasteiger partial charge in [0, 0.05) is 12.5 Å². The van der Waals surface area contributed by atoms with Gasteiger partial charge in [0.1, 0.15) is 0 Å². The summed E-state index contributed by atoms with van der Waals surface area (Å²) < 4.78 is 0. The zero-order chi connectivity index (χ0) is 15.2. The van der Waals surface area contributed by atoms with Gasteiger partial charge in [-0.1, -0.05) is 36.3 Å². The molecule has 1 amide bonds. The lowest BCUT2D eigenvalue weighted by molar-refractivity contribution is -0.135. The number of oxime groups is 1. The van der Waals surface area contributed by atoms with Crippen molar-refractivity contribution < 1.29 is 10.0 Å². The predicted molar refractivity (Wildman–Crippen MR) is 82.2 cm³/mol. The van der Waals surface area contributed by atoms with Crippen molar-refractivity contribution in [3.8, 4) is 0 Å². The lowest BCUT2D eigenvalue weighted by Crippen LogP contribution is -2.43. The Bertz CT molecular complexity index is 528. The second kappa shape index (κ2) is 7.11. The van der Waals surface area contributed by atoms with Gasteiger partial charge >= 0.3 is 0 Å². The summed E-state index contributed by atoms with van der Waals surface area (Å²) in [5.41, 5.74) is 8.17. The molecule has 0 bridgehead atoms. The Kier molecular flexibility index (Phi) is 5.20. The molecule has 0 heterocycles. The normalized spacial score (nSPS) is 18.1. The van der Waals surface area contributed by atoms with Crippen LogP contribution in [0.4, 0.5) is 0 Å². The maximum absolute atomic E-state index is 12.7. The lowest BCUT2D eigenvalue weighted by atomic mass is 9.83. The van der Waals surface area contributed by atoms with Gasteiger partial charge in [-0.3, -0.25) is 4.79 Å². The topological polar surface area (TPSA) is 78.9 Å². The van der Waals surface area contributed by atoms with E-state index in [-0.39, 0.29) is 24.2 Å². The van der Waals surface area contributed by atoms with Crippen molar-refractivity contribution in [1.29, 1.82) is 0 Å². The number of carbonyl (C=O) groups is 1. The quantitative estimate of drug-likeness (QED) is 0.375. The van der Waals surface area contributed by atoms with E-state index in [1.807, 2.05) is 19.1 Å². The first-order valence-electron chi connectivity index (χ1n) is 7.47. The van der Waals surface area contributed by atoms with E-state index in [9.17, 15) is 4.79 Å². The number of carbonyl (C=O) groups excluding carboxylic acids is 1. The molecule has 1 aromatic rings. The fourth-order valence-electron chi connectivity index (χ4n) is 2.93. The third-order valence-corrected chi connectivity index (χ3v) is 3.98. The van der Waals surface area contributed by atoms with Crippen LogP contribution in [0.1, 0.15) is 30.9 Å². The molecule has 5 heteroatoms. The summed E-state index contributed by atoms with van der Waals surface area (Å²) in [5, 5.41) is 11.7. The van der Waals surface area contributed by atoms with E-state index >= 15 is 0 Å². The fraction of sp³-hybridized carbons (Fsp3) is 0.500. The van der Waals surface area contributed by atoms with E-state index in [4.69, 9.17) is 10.9 Å². The van der Waals surface area contributed by atoms with Crippen molar-refractivity contribution in [2.24, 2.45) is 16.8 Å². The van der Waals surface area contributed by atoms with E-state index in [0.717, 1.165) is 25.7 Å². The monoisotopic (exact) mass is 289 g/mol. The second-order valence-electron chi connectivity index (χ2n) is 5.56. The predicted octanol–water partition coefficient (Wildman–Crippen LogP) is 1.78. The van der Waals surface area contributed by atoms with Crippen molar-refractivity contribution in [3.05, 3.63) is 35.4 Å². The third-order valence-electron chi connectivity index (χ3n) is 3.98. The van der Waals surface area contributed by atoms with E-state index in [2.05, 4.69) is 17.3 Å². The summed E-state index contributed by atoms with van der Waals surface area (Å²) in [6.07, 6.45) is 3.45. The van der Waals surface area contributed by atoms with E-state index in [0.29, 0.717) is 6.54 Å². The molecule has 114 valence electrons. The molecule has 2 rings (SSSR count). The molecule has 1 atom stereocenters. The van der Waals surface area contributed by atoms with Crippen LogP contribution in [-0.2, 0) is 17.6 Å². The van der Waals surface area contributed by atoms with Crippen LogP contribution in [0.5, 0.6) is 0 Å². The number of nitrogens with zero attached hydrogens (tertiary/aromatic N) is 2. The molecule has 0 aliphatic heterocycles. The minimum absolute atomic E-state index is 0.00190. The van der Waals surface area contributed by atoms with Crippen LogP contribution in [0.2, 0.25) is 0 Å². The summed E-state index contributed by atoms with van der Waals surface area (Å²) in [6.45, 7) is 2.84. The van der Waals surface area contributed by atoms with Crippen LogP contribution in [0.25, 0.3) is 0 Å². The molecule has 0 fully saturated rings. The number of fused-ring (bicyclic) bond motifs is 1. The molecule has 1 aliphatic carbocycles. The average Bonchev–Trinajstić information content (AvgIpc) is 2.53. The van der Waals surface area contributed by atoms with Gasteiger partial charge in [-0.2, -0.15) is 0 Å². The Morgan fingerprint density at radius 1 is 1.43 bits per heavy atom. The lowest BCUT2D eigenvalue weighted by Gasteiger charge is -2.29. The number of amidine groups is 1. The maximum Gasteiger partial charge on any atom is 0.226 e. The fourth-order valence-corrected chi connectivity index (χ4v) is 2.93. The Morgan fingerprint density at radius 2 is 2.14 bits per heavy atom. The first-order chi connectivity index (χ1) is 10.2. The molecule has 1 aliphatic rings.